The van der Waals surface area contributed by atoms with Crippen molar-refractivity contribution in [3.8, 4) is 5.75 Å². The summed E-state index contributed by atoms with van der Waals surface area (Å²) in [4.78, 5) is 17.0. The molecule has 0 N–H and O–H groups in total. The number of likely N-dealkylation sites (N-methyl/N-ethyl adjacent to an activating group) is 1. The van der Waals surface area contributed by atoms with E-state index in [2.05, 4.69) is 16.8 Å². The van der Waals surface area contributed by atoms with Crippen LogP contribution in [0.3, 0.4) is 0 Å². The molecule has 1 aliphatic heterocycles. The lowest BCUT2D eigenvalue weighted by Crippen LogP contribution is -2.46. The van der Waals surface area contributed by atoms with E-state index in [1.54, 1.807) is 0 Å². The minimum absolute atomic E-state index is 0.0765. The van der Waals surface area contributed by atoms with E-state index >= 15 is 0 Å². The number of hydrogen-bond donors (Lipinski definition) is 0. The Morgan fingerprint density at radius 1 is 1.20 bits per heavy atom. The molecule has 0 unspecified atom stereocenters. The lowest BCUT2D eigenvalue weighted by atomic mass is 10.1. The lowest BCUT2D eigenvalue weighted by molar-refractivity contribution is 0.0871. The Morgan fingerprint density at radius 3 is 2.50 bits per heavy atom. The van der Waals surface area contributed by atoms with Gasteiger partial charge in [0.1, 0.15) is 5.75 Å². The molecule has 0 atom stereocenters. The van der Waals surface area contributed by atoms with E-state index in [1.165, 1.54) is 0 Å². The largest absolute Gasteiger partial charge is 0.490 e. The average molecular weight is 276 g/mol. The number of carbonyl (C=O) groups is 1. The molecule has 0 aliphatic carbocycles. The molecular weight excluding hydrogens is 252 g/mol. The van der Waals surface area contributed by atoms with Gasteiger partial charge in [0.15, 0.2) is 5.78 Å². The Bertz CT molecular complexity index is 452. The summed E-state index contributed by atoms with van der Waals surface area (Å²) >= 11 is 0. The van der Waals surface area contributed by atoms with Gasteiger partial charge in [0, 0.05) is 26.2 Å². The third-order valence-electron chi connectivity index (χ3n) is 3.51. The molecule has 0 spiro atoms. The van der Waals surface area contributed by atoms with E-state index in [-0.39, 0.29) is 11.9 Å². The first-order valence-corrected chi connectivity index (χ1v) is 7.26. The molecule has 0 amide bonds. The Morgan fingerprint density at radius 2 is 1.85 bits per heavy atom. The van der Waals surface area contributed by atoms with Gasteiger partial charge in [-0.05, 0) is 33.0 Å². The third kappa shape index (κ3) is 4.05. The Hall–Kier alpha value is -1.39. The molecule has 0 saturated carbocycles. The van der Waals surface area contributed by atoms with Crippen LogP contribution in [0.4, 0.5) is 0 Å². The summed E-state index contributed by atoms with van der Waals surface area (Å²) in [5.41, 5.74) is 0.695. The first-order valence-electron chi connectivity index (χ1n) is 7.26. The second-order valence-electron chi connectivity index (χ2n) is 5.67. The number of para-hydroxylation sites is 1. The molecule has 0 radical (unpaired) electrons. The maximum atomic E-state index is 12.5. The molecule has 1 fully saturated rings. The number of hydrogen-bond acceptors (Lipinski definition) is 4. The van der Waals surface area contributed by atoms with Crippen molar-refractivity contribution >= 4 is 5.78 Å². The van der Waals surface area contributed by atoms with Crippen LogP contribution in [-0.4, -0.2) is 61.5 Å². The van der Waals surface area contributed by atoms with E-state index < -0.39 is 0 Å². The van der Waals surface area contributed by atoms with Crippen LogP contribution in [0, 0.1) is 0 Å². The first kappa shape index (κ1) is 15.0. The van der Waals surface area contributed by atoms with Crippen molar-refractivity contribution in [3.63, 3.8) is 0 Å². The predicted molar refractivity (Wildman–Crippen MR) is 80.5 cm³/mol. The van der Waals surface area contributed by atoms with Crippen molar-refractivity contribution < 1.29 is 9.53 Å². The molecule has 1 heterocycles. The Balaban J connectivity index is 2.01. The number of ether oxygens (including phenoxy) is 1. The van der Waals surface area contributed by atoms with Crippen molar-refractivity contribution in [2.75, 3.05) is 39.8 Å². The summed E-state index contributed by atoms with van der Waals surface area (Å²) < 4.78 is 5.73. The highest BCUT2D eigenvalue weighted by Crippen LogP contribution is 2.20. The van der Waals surface area contributed by atoms with Crippen molar-refractivity contribution in [1.82, 2.24) is 9.80 Å². The molecule has 1 aromatic carbocycles. The number of ketones is 1. The second kappa shape index (κ2) is 6.86. The van der Waals surface area contributed by atoms with E-state index in [4.69, 9.17) is 4.74 Å². The zero-order valence-corrected chi connectivity index (χ0v) is 12.6. The monoisotopic (exact) mass is 276 g/mol. The number of Topliss-reactive ketones (excluding diaryl/α,β-unsaturated/α-hetero) is 1. The van der Waals surface area contributed by atoms with Crippen LogP contribution in [-0.2, 0) is 0 Å². The van der Waals surface area contributed by atoms with Gasteiger partial charge in [-0.15, -0.1) is 0 Å². The number of piperazine rings is 1. The molecule has 1 aliphatic rings. The van der Waals surface area contributed by atoms with Crippen molar-refractivity contribution in [2.24, 2.45) is 0 Å². The number of benzene rings is 1. The molecule has 4 nitrogen and oxygen atoms in total. The molecule has 1 aromatic rings. The van der Waals surface area contributed by atoms with Crippen LogP contribution >= 0.6 is 0 Å². The minimum Gasteiger partial charge on any atom is -0.490 e. The van der Waals surface area contributed by atoms with Crippen molar-refractivity contribution in [3.05, 3.63) is 29.8 Å². The van der Waals surface area contributed by atoms with Crippen LogP contribution in [0.1, 0.15) is 24.2 Å². The molecule has 1 saturated heterocycles. The summed E-state index contributed by atoms with van der Waals surface area (Å²) in [7, 11) is 2.12. The summed E-state index contributed by atoms with van der Waals surface area (Å²) in [5, 5.41) is 0. The molecular formula is C16H24N2O2. The van der Waals surface area contributed by atoms with Gasteiger partial charge >= 0.3 is 0 Å². The van der Waals surface area contributed by atoms with Crippen LogP contribution in [0.25, 0.3) is 0 Å². The fraction of sp³-hybridized carbons (Fsp3) is 0.562. The maximum Gasteiger partial charge on any atom is 0.180 e. The fourth-order valence-corrected chi connectivity index (χ4v) is 2.35. The smallest absolute Gasteiger partial charge is 0.180 e. The van der Waals surface area contributed by atoms with Crippen molar-refractivity contribution in [1.29, 1.82) is 0 Å². The van der Waals surface area contributed by atoms with E-state index in [0.29, 0.717) is 17.9 Å². The zero-order chi connectivity index (χ0) is 14.5. The summed E-state index contributed by atoms with van der Waals surface area (Å²) in [6.07, 6.45) is 0.0765. The van der Waals surface area contributed by atoms with Crippen LogP contribution in [0.15, 0.2) is 24.3 Å². The highest BCUT2D eigenvalue weighted by molar-refractivity contribution is 6.00. The van der Waals surface area contributed by atoms with Gasteiger partial charge in [0.05, 0.1) is 18.2 Å². The summed E-state index contributed by atoms with van der Waals surface area (Å²) in [5.74, 6) is 0.840. The molecule has 4 heteroatoms. The van der Waals surface area contributed by atoms with Crippen molar-refractivity contribution in [2.45, 2.75) is 20.0 Å². The quantitative estimate of drug-likeness (QED) is 0.769. The Kier molecular flexibility index (Phi) is 5.15. The third-order valence-corrected chi connectivity index (χ3v) is 3.51. The average Bonchev–Trinajstić information content (AvgIpc) is 2.41. The molecule has 0 aromatic heterocycles. The van der Waals surface area contributed by atoms with Gasteiger partial charge in [-0.2, -0.15) is 0 Å². The Labute approximate surface area is 121 Å². The highest BCUT2D eigenvalue weighted by Gasteiger charge is 2.19. The number of nitrogens with zero attached hydrogens (tertiary/aromatic N) is 2. The van der Waals surface area contributed by atoms with Gasteiger partial charge in [-0.3, -0.25) is 9.69 Å². The predicted octanol–water partition coefficient (Wildman–Crippen LogP) is 1.90. The maximum absolute atomic E-state index is 12.5. The number of rotatable bonds is 5. The van der Waals surface area contributed by atoms with E-state index in [0.717, 1.165) is 26.2 Å². The normalized spacial score (nSPS) is 17.4. The highest BCUT2D eigenvalue weighted by atomic mass is 16.5. The summed E-state index contributed by atoms with van der Waals surface area (Å²) in [6.45, 7) is 8.38. The van der Waals surface area contributed by atoms with Crippen LogP contribution in [0.2, 0.25) is 0 Å². The van der Waals surface area contributed by atoms with Crippen LogP contribution in [0.5, 0.6) is 5.75 Å². The molecule has 110 valence electrons. The first-order chi connectivity index (χ1) is 9.56. The van der Waals surface area contributed by atoms with Gasteiger partial charge in [0.2, 0.25) is 0 Å². The van der Waals surface area contributed by atoms with Gasteiger partial charge in [-0.1, -0.05) is 12.1 Å². The van der Waals surface area contributed by atoms with E-state index in [9.17, 15) is 4.79 Å². The molecule has 2 rings (SSSR count). The molecule has 0 bridgehead atoms. The van der Waals surface area contributed by atoms with Crippen LogP contribution < -0.4 is 4.74 Å². The topological polar surface area (TPSA) is 32.8 Å². The number of carbonyl (C=O) groups excluding carboxylic acids is 1. The van der Waals surface area contributed by atoms with Gasteiger partial charge in [0.25, 0.3) is 0 Å². The summed E-state index contributed by atoms with van der Waals surface area (Å²) in [6, 6.07) is 7.53. The fourth-order valence-electron chi connectivity index (χ4n) is 2.35. The van der Waals surface area contributed by atoms with Gasteiger partial charge in [-0.25, -0.2) is 0 Å². The SMILES string of the molecule is CC(C)Oc1ccccc1C(=O)CN1CCN(C)CC1. The zero-order valence-electron chi connectivity index (χ0n) is 12.6. The lowest BCUT2D eigenvalue weighted by Gasteiger charge is -2.31. The van der Waals surface area contributed by atoms with E-state index in [1.807, 2.05) is 38.1 Å². The standard InChI is InChI=1S/C16H24N2O2/c1-13(2)20-16-7-5-4-6-14(16)15(19)12-18-10-8-17(3)9-11-18/h4-7,13H,8-12H2,1-3H3. The molecule has 20 heavy (non-hydrogen) atoms. The van der Waals surface area contributed by atoms with Gasteiger partial charge < -0.3 is 9.64 Å². The minimum atomic E-state index is 0.0765. The second-order valence-corrected chi connectivity index (χ2v) is 5.67.